The number of nitro groups is 1. The molecule has 0 spiro atoms. The average molecular weight is 332 g/mol. The summed E-state index contributed by atoms with van der Waals surface area (Å²) < 4.78 is 16.1. The standard InChI is InChI=1S/C15H12N2O5S/c1-20-12-5-4-11(17(18)19)7-14(12)22-8-10-9-23-15(16-10)13-3-2-6-21-13/h2-7,9H,8H2,1H3. The first-order valence-electron chi connectivity index (χ1n) is 6.61. The van der Waals surface area contributed by atoms with Gasteiger partial charge in [0.25, 0.3) is 5.69 Å². The lowest BCUT2D eigenvalue weighted by Gasteiger charge is -2.09. The second-order valence-corrected chi connectivity index (χ2v) is 5.36. The minimum atomic E-state index is -0.482. The van der Waals surface area contributed by atoms with E-state index < -0.39 is 4.92 Å². The third kappa shape index (κ3) is 3.32. The summed E-state index contributed by atoms with van der Waals surface area (Å²) in [5.41, 5.74) is 0.644. The summed E-state index contributed by atoms with van der Waals surface area (Å²) in [7, 11) is 1.48. The molecule has 0 aliphatic heterocycles. The number of furan rings is 1. The van der Waals surface area contributed by atoms with E-state index in [2.05, 4.69) is 4.98 Å². The van der Waals surface area contributed by atoms with Crippen molar-refractivity contribution in [3.05, 3.63) is 57.8 Å². The number of hydrogen-bond acceptors (Lipinski definition) is 7. The van der Waals surface area contributed by atoms with Crippen molar-refractivity contribution in [3.8, 4) is 22.3 Å². The van der Waals surface area contributed by atoms with E-state index in [-0.39, 0.29) is 12.3 Å². The van der Waals surface area contributed by atoms with Gasteiger partial charge in [0.15, 0.2) is 22.3 Å². The maximum absolute atomic E-state index is 10.8. The minimum absolute atomic E-state index is 0.0599. The van der Waals surface area contributed by atoms with Crippen LogP contribution in [0, 0.1) is 10.1 Å². The molecular weight excluding hydrogens is 320 g/mol. The van der Waals surface area contributed by atoms with Gasteiger partial charge in [-0.1, -0.05) is 0 Å². The van der Waals surface area contributed by atoms with Crippen LogP contribution in [0.25, 0.3) is 10.8 Å². The molecule has 0 radical (unpaired) electrons. The van der Waals surface area contributed by atoms with Gasteiger partial charge in [-0.3, -0.25) is 10.1 Å². The van der Waals surface area contributed by atoms with Gasteiger partial charge in [-0.2, -0.15) is 0 Å². The van der Waals surface area contributed by atoms with Crippen LogP contribution in [0.15, 0.2) is 46.4 Å². The first-order valence-corrected chi connectivity index (χ1v) is 7.49. The maximum atomic E-state index is 10.8. The SMILES string of the molecule is COc1ccc([N+](=O)[O-])cc1OCc1csc(-c2ccco2)n1. The fourth-order valence-corrected chi connectivity index (χ4v) is 2.70. The van der Waals surface area contributed by atoms with Crippen LogP contribution in [-0.2, 0) is 6.61 Å². The Kier molecular flexibility index (Phi) is 4.24. The molecule has 0 aliphatic rings. The molecule has 0 fully saturated rings. The lowest BCUT2D eigenvalue weighted by atomic mass is 10.3. The summed E-state index contributed by atoms with van der Waals surface area (Å²) >= 11 is 1.44. The van der Waals surface area contributed by atoms with E-state index in [0.29, 0.717) is 23.0 Å². The molecular formula is C15H12N2O5S. The third-order valence-corrected chi connectivity index (χ3v) is 3.92. The predicted octanol–water partition coefficient (Wildman–Crippen LogP) is 3.90. The lowest BCUT2D eigenvalue weighted by Crippen LogP contribution is -1.99. The highest BCUT2D eigenvalue weighted by Gasteiger charge is 2.14. The molecule has 0 aliphatic carbocycles. The summed E-state index contributed by atoms with van der Waals surface area (Å²) in [5.74, 6) is 1.42. The molecule has 0 unspecified atom stereocenters. The number of methoxy groups -OCH3 is 1. The smallest absolute Gasteiger partial charge is 0.273 e. The topological polar surface area (TPSA) is 87.6 Å². The average Bonchev–Trinajstić information content (AvgIpc) is 3.23. The van der Waals surface area contributed by atoms with Crippen molar-refractivity contribution >= 4 is 17.0 Å². The van der Waals surface area contributed by atoms with Gasteiger partial charge >= 0.3 is 0 Å². The summed E-state index contributed by atoms with van der Waals surface area (Å²) in [6.45, 7) is 0.175. The van der Waals surface area contributed by atoms with Crippen molar-refractivity contribution in [2.24, 2.45) is 0 Å². The number of rotatable bonds is 6. The number of non-ortho nitro benzene ring substituents is 1. The van der Waals surface area contributed by atoms with Crippen LogP contribution in [-0.4, -0.2) is 17.0 Å². The van der Waals surface area contributed by atoms with E-state index in [0.717, 1.165) is 5.01 Å². The van der Waals surface area contributed by atoms with Gasteiger partial charge in [0.2, 0.25) is 0 Å². The number of ether oxygens (including phenoxy) is 2. The summed E-state index contributed by atoms with van der Waals surface area (Å²) in [5, 5.41) is 13.4. The highest BCUT2D eigenvalue weighted by Crippen LogP contribution is 2.32. The van der Waals surface area contributed by atoms with Crippen LogP contribution in [0.3, 0.4) is 0 Å². The lowest BCUT2D eigenvalue weighted by molar-refractivity contribution is -0.385. The Morgan fingerprint density at radius 2 is 2.22 bits per heavy atom. The van der Waals surface area contributed by atoms with Crippen LogP contribution in [0.1, 0.15) is 5.69 Å². The van der Waals surface area contributed by atoms with Crippen LogP contribution in [0.2, 0.25) is 0 Å². The van der Waals surface area contributed by atoms with E-state index in [1.165, 1.54) is 36.6 Å². The zero-order valence-corrected chi connectivity index (χ0v) is 12.9. The second kappa shape index (κ2) is 6.49. The van der Waals surface area contributed by atoms with Gasteiger partial charge in [0.05, 0.1) is 30.1 Å². The molecule has 3 aromatic rings. The highest BCUT2D eigenvalue weighted by molar-refractivity contribution is 7.13. The maximum Gasteiger partial charge on any atom is 0.273 e. The van der Waals surface area contributed by atoms with Crippen molar-refractivity contribution in [2.45, 2.75) is 6.61 Å². The predicted molar refractivity (Wildman–Crippen MR) is 83.8 cm³/mol. The van der Waals surface area contributed by atoms with Crippen molar-refractivity contribution in [1.29, 1.82) is 0 Å². The molecule has 118 valence electrons. The fourth-order valence-electron chi connectivity index (χ4n) is 1.93. The van der Waals surface area contributed by atoms with E-state index >= 15 is 0 Å². The first kappa shape index (κ1) is 15.0. The molecule has 0 N–H and O–H groups in total. The summed E-state index contributed by atoms with van der Waals surface area (Å²) in [6, 6.07) is 7.82. The van der Waals surface area contributed by atoms with Gasteiger partial charge < -0.3 is 13.9 Å². The van der Waals surface area contributed by atoms with Gasteiger partial charge in [-0.05, 0) is 18.2 Å². The number of aromatic nitrogens is 1. The van der Waals surface area contributed by atoms with E-state index in [4.69, 9.17) is 13.9 Å². The molecule has 7 nitrogen and oxygen atoms in total. The molecule has 8 heteroatoms. The second-order valence-electron chi connectivity index (χ2n) is 4.50. The van der Waals surface area contributed by atoms with Crippen molar-refractivity contribution in [3.63, 3.8) is 0 Å². The number of benzene rings is 1. The Morgan fingerprint density at radius 3 is 2.91 bits per heavy atom. The summed E-state index contributed by atoms with van der Waals surface area (Å²) in [4.78, 5) is 14.8. The van der Waals surface area contributed by atoms with E-state index in [9.17, 15) is 10.1 Å². The Hall–Kier alpha value is -2.87. The molecule has 0 amide bonds. The Bertz CT molecular complexity index is 813. The van der Waals surface area contributed by atoms with Crippen LogP contribution in [0.4, 0.5) is 5.69 Å². The first-order chi connectivity index (χ1) is 11.2. The molecule has 23 heavy (non-hydrogen) atoms. The Morgan fingerprint density at radius 1 is 1.35 bits per heavy atom. The van der Waals surface area contributed by atoms with Gasteiger partial charge in [-0.25, -0.2) is 4.98 Å². The normalized spacial score (nSPS) is 10.5. The number of hydrogen-bond donors (Lipinski definition) is 0. The molecule has 0 bridgehead atoms. The van der Waals surface area contributed by atoms with E-state index in [1.54, 1.807) is 12.3 Å². The fraction of sp³-hybridized carbons (Fsp3) is 0.133. The number of nitro benzene ring substituents is 1. The van der Waals surface area contributed by atoms with Crippen molar-refractivity contribution < 1.29 is 18.8 Å². The molecule has 2 heterocycles. The number of nitrogens with zero attached hydrogens (tertiary/aromatic N) is 2. The van der Waals surface area contributed by atoms with Crippen LogP contribution in [0.5, 0.6) is 11.5 Å². The largest absolute Gasteiger partial charge is 0.493 e. The van der Waals surface area contributed by atoms with Crippen LogP contribution >= 0.6 is 11.3 Å². The molecule has 0 saturated carbocycles. The highest BCUT2D eigenvalue weighted by atomic mass is 32.1. The van der Waals surface area contributed by atoms with E-state index in [1.807, 2.05) is 11.4 Å². The van der Waals surface area contributed by atoms with Crippen LogP contribution < -0.4 is 9.47 Å². The molecule has 3 rings (SSSR count). The summed E-state index contributed by atoms with van der Waals surface area (Å²) in [6.07, 6.45) is 1.58. The quantitative estimate of drug-likeness (QED) is 0.502. The molecule has 1 aromatic carbocycles. The Labute approximate surface area is 135 Å². The zero-order valence-electron chi connectivity index (χ0n) is 12.1. The van der Waals surface area contributed by atoms with Crippen molar-refractivity contribution in [2.75, 3.05) is 7.11 Å². The number of thiazole rings is 1. The monoisotopic (exact) mass is 332 g/mol. The van der Waals surface area contributed by atoms with Gasteiger partial charge in [-0.15, -0.1) is 11.3 Å². The van der Waals surface area contributed by atoms with Gasteiger partial charge in [0, 0.05) is 11.4 Å². The third-order valence-electron chi connectivity index (χ3n) is 3.02. The van der Waals surface area contributed by atoms with Crippen molar-refractivity contribution in [1.82, 2.24) is 4.98 Å². The molecule has 0 saturated heterocycles. The molecule has 2 aromatic heterocycles. The van der Waals surface area contributed by atoms with Gasteiger partial charge in [0.1, 0.15) is 6.61 Å². The minimum Gasteiger partial charge on any atom is -0.493 e. The zero-order chi connectivity index (χ0) is 16.2. The molecule has 0 atom stereocenters. The Balaban J connectivity index is 1.75.